The first-order valence-electron chi connectivity index (χ1n) is 8.50. The number of carbonyl (C=O) groups is 2. The van der Waals surface area contributed by atoms with Crippen molar-refractivity contribution in [1.82, 2.24) is 9.62 Å². The van der Waals surface area contributed by atoms with Gasteiger partial charge in [0.1, 0.15) is 4.90 Å². The lowest BCUT2D eigenvalue weighted by Gasteiger charge is -2.14. The number of hydrogen-bond acceptors (Lipinski definition) is 4. The molecule has 0 aliphatic heterocycles. The molecule has 2 rings (SSSR count). The van der Waals surface area contributed by atoms with E-state index in [1.165, 1.54) is 32.3 Å². The fourth-order valence-corrected chi connectivity index (χ4v) is 3.79. The Balaban J connectivity index is 2.36. The summed E-state index contributed by atoms with van der Waals surface area (Å²) in [4.78, 5) is 24.5. The normalized spacial score (nSPS) is 11.4. The lowest BCUT2D eigenvalue weighted by Crippen LogP contribution is -2.23. The third-order valence-electron chi connectivity index (χ3n) is 4.04. The van der Waals surface area contributed by atoms with Gasteiger partial charge in [0.2, 0.25) is 10.0 Å². The predicted molar refractivity (Wildman–Crippen MR) is 109 cm³/mol. The minimum atomic E-state index is -3.80. The summed E-state index contributed by atoms with van der Waals surface area (Å²) in [6, 6.07) is 9.01. The van der Waals surface area contributed by atoms with Crippen molar-refractivity contribution in [2.24, 2.45) is 0 Å². The highest BCUT2D eigenvalue weighted by Crippen LogP contribution is 2.26. The Bertz CT molecular complexity index is 1020. The van der Waals surface area contributed by atoms with E-state index >= 15 is 0 Å². The van der Waals surface area contributed by atoms with E-state index in [1.807, 2.05) is 6.92 Å². The third-order valence-corrected chi connectivity index (χ3v) is 6.33. The highest BCUT2D eigenvalue weighted by atomic mass is 35.5. The van der Waals surface area contributed by atoms with Crippen LogP contribution in [0.2, 0.25) is 5.02 Å². The van der Waals surface area contributed by atoms with Crippen LogP contribution in [0.15, 0.2) is 41.3 Å². The predicted octanol–water partition coefficient (Wildman–Crippen LogP) is 2.90. The molecule has 0 aromatic heterocycles. The van der Waals surface area contributed by atoms with Gasteiger partial charge in [-0.15, -0.1) is 0 Å². The van der Waals surface area contributed by atoms with Crippen molar-refractivity contribution in [3.05, 3.63) is 58.1 Å². The fraction of sp³-hybridized carbons (Fsp3) is 0.263. The monoisotopic (exact) mass is 423 g/mol. The van der Waals surface area contributed by atoms with E-state index in [9.17, 15) is 18.0 Å². The number of aryl methyl sites for hydroxylation is 1. The van der Waals surface area contributed by atoms with Crippen LogP contribution in [-0.4, -0.2) is 45.2 Å². The standard InChI is InChI=1S/C19H22ClN3O4S/c1-5-21-18(24)13-7-6-12(2)16(10-13)22-19(25)14-8-9-15(20)17(11-14)28(26,27)23(3)4/h6-11H,5H2,1-4H3,(H,21,24)(H,22,25). The van der Waals surface area contributed by atoms with E-state index in [0.717, 1.165) is 9.87 Å². The van der Waals surface area contributed by atoms with Crippen LogP contribution in [0.5, 0.6) is 0 Å². The van der Waals surface area contributed by atoms with Crippen LogP contribution in [-0.2, 0) is 10.0 Å². The lowest BCUT2D eigenvalue weighted by atomic mass is 10.1. The second kappa shape index (κ2) is 8.72. The second-order valence-electron chi connectivity index (χ2n) is 6.28. The Morgan fingerprint density at radius 2 is 1.64 bits per heavy atom. The maximum absolute atomic E-state index is 12.7. The van der Waals surface area contributed by atoms with Crippen LogP contribution >= 0.6 is 11.6 Å². The lowest BCUT2D eigenvalue weighted by molar-refractivity contribution is 0.0954. The summed E-state index contributed by atoms with van der Waals surface area (Å²) in [5, 5.41) is 5.44. The van der Waals surface area contributed by atoms with Crippen LogP contribution in [0.4, 0.5) is 5.69 Å². The molecule has 7 nitrogen and oxygen atoms in total. The topological polar surface area (TPSA) is 95.6 Å². The average molecular weight is 424 g/mol. The number of amides is 2. The van der Waals surface area contributed by atoms with Crippen molar-refractivity contribution in [3.8, 4) is 0 Å². The summed E-state index contributed by atoms with van der Waals surface area (Å²) in [6.07, 6.45) is 0. The molecule has 0 heterocycles. The number of nitrogens with zero attached hydrogens (tertiary/aromatic N) is 1. The molecule has 2 aromatic rings. The number of hydrogen-bond donors (Lipinski definition) is 2. The summed E-state index contributed by atoms with van der Waals surface area (Å²) in [5.41, 5.74) is 1.76. The molecule has 0 fully saturated rings. The zero-order valence-corrected chi connectivity index (χ0v) is 17.6. The molecule has 0 aliphatic carbocycles. The Morgan fingerprint density at radius 1 is 1.04 bits per heavy atom. The van der Waals surface area contributed by atoms with Gasteiger partial charge in [0.05, 0.1) is 5.02 Å². The van der Waals surface area contributed by atoms with E-state index in [-0.39, 0.29) is 21.4 Å². The molecule has 0 saturated carbocycles. The minimum Gasteiger partial charge on any atom is -0.352 e. The van der Waals surface area contributed by atoms with Gasteiger partial charge in [0.25, 0.3) is 11.8 Å². The van der Waals surface area contributed by atoms with Crippen molar-refractivity contribution < 1.29 is 18.0 Å². The summed E-state index contributed by atoms with van der Waals surface area (Å²) in [5.74, 6) is -0.758. The molecule has 9 heteroatoms. The van der Waals surface area contributed by atoms with Crippen LogP contribution in [0.3, 0.4) is 0 Å². The second-order valence-corrected chi connectivity index (χ2v) is 8.80. The van der Waals surface area contributed by atoms with E-state index in [1.54, 1.807) is 25.1 Å². The molecule has 0 saturated heterocycles. The first kappa shape index (κ1) is 21.9. The van der Waals surface area contributed by atoms with Gasteiger partial charge in [-0.2, -0.15) is 0 Å². The maximum Gasteiger partial charge on any atom is 0.255 e. The van der Waals surface area contributed by atoms with E-state index in [0.29, 0.717) is 17.8 Å². The van der Waals surface area contributed by atoms with Gasteiger partial charge in [-0.05, 0) is 49.7 Å². The van der Waals surface area contributed by atoms with Gasteiger partial charge < -0.3 is 10.6 Å². The number of sulfonamides is 1. The van der Waals surface area contributed by atoms with Crippen molar-refractivity contribution in [2.75, 3.05) is 26.0 Å². The van der Waals surface area contributed by atoms with Gasteiger partial charge in [-0.25, -0.2) is 12.7 Å². The first-order valence-corrected chi connectivity index (χ1v) is 10.3. The SMILES string of the molecule is CCNC(=O)c1ccc(C)c(NC(=O)c2ccc(Cl)c(S(=O)(=O)N(C)C)c2)c1. The van der Waals surface area contributed by atoms with Crippen LogP contribution in [0, 0.1) is 6.92 Å². The number of rotatable bonds is 6. The van der Waals surface area contributed by atoms with Gasteiger partial charge in [-0.1, -0.05) is 17.7 Å². The Hall–Kier alpha value is -2.42. The molecule has 28 heavy (non-hydrogen) atoms. The van der Waals surface area contributed by atoms with E-state index in [4.69, 9.17) is 11.6 Å². The molecule has 0 atom stereocenters. The summed E-state index contributed by atoms with van der Waals surface area (Å²) in [6.45, 7) is 4.10. The number of nitrogens with one attached hydrogen (secondary N) is 2. The molecule has 2 aromatic carbocycles. The summed E-state index contributed by atoms with van der Waals surface area (Å²) >= 11 is 6.02. The Morgan fingerprint density at radius 3 is 2.25 bits per heavy atom. The van der Waals surface area contributed by atoms with Gasteiger partial charge in [0, 0.05) is 37.5 Å². The smallest absolute Gasteiger partial charge is 0.255 e. The molecule has 0 aliphatic rings. The third kappa shape index (κ3) is 4.70. The number of anilines is 1. The van der Waals surface area contributed by atoms with E-state index < -0.39 is 15.9 Å². The molecule has 0 spiro atoms. The van der Waals surface area contributed by atoms with Crippen LogP contribution < -0.4 is 10.6 Å². The quantitative estimate of drug-likeness (QED) is 0.746. The van der Waals surface area contributed by atoms with Crippen LogP contribution in [0.25, 0.3) is 0 Å². The van der Waals surface area contributed by atoms with E-state index in [2.05, 4.69) is 10.6 Å². The van der Waals surface area contributed by atoms with Crippen LogP contribution in [0.1, 0.15) is 33.2 Å². The molecule has 0 radical (unpaired) electrons. The van der Waals surface area contributed by atoms with Crippen molar-refractivity contribution in [1.29, 1.82) is 0 Å². The highest BCUT2D eigenvalue weighted by molar-refractivity contribution is 7.89. The molecule has 2 amide bonds. The molecule has 2 N–H and O–H groups in total. The molecular formula is C19H22ClN3O4S. The molecule has 150 valence electrons. The first-order chi connectivity index (χ1) is 13.1. The van der Waals surface area contributed by atoms with Gasteiger partial charge >= 0.3 is 0 Å². The summed E-state index contributed by atoms with van der Waals surface area (Å²) in [7, 11) is -1.03. The summed E-state index contributed by atoms with van der Waals surface area (Å²) < 4.78 is 25.8. The van der Waals surface area contributed by atoms with Gasteiger partial charge in [0.15, 0.2) is 0 Å². The average Bonchev–Trinajstić information content (AvgIpc) is 2.63. The van der Waals surface area contributed by atoms with Crippen molar-refractivity contribution in [2.45, 2.75) is 18.7 Å². The van der Waals surface area contributed by atoms with Crippen molar-refractivity contribution in [3.63, 3.8) is 0 Å². The number of carbonyl (C=O) groups excluding carboxylic acids is 2. The highest BCUT2D eigenvalue weighted by Gasteiger charge is 2.22. The van der Waals surface area contributed by atoms with Gasteiger partial charge in [-0.3, -0.25) is 9.59 Å². The molecule has 0 bridgehead atoms. The Labute approximate surface area is 169 Å². The maximum atomic E-state index is 12.7. The fourth-order valence-electron chi connectivity index (χ4n) is 2.39. The van der Waals surface area contributed by atoms with Crippen molar-refractivity contribution >= 4 is 39.1 Å². The number of benzene rings is 2. The zero-order valence-electron chi connectivity index (χ0n) is 16.0. The zero-order chi connectivity index (χ0) is 21.1. The number of halogens is 1. The Kier molecular flexibility index (Phi) is 6.82. The minimum absolute atomic E-state index is 0.0275. The largest absolute Gasteiger partial charge is 0.352 e. The molecular weight excluding hydrogens is 402 g/mol. The molecule has 0 unspecified atom stereocenters.